The number of pyridine rings is 1. The third kappa shape index (κ3) is 3.60. The number of rotatable bonds is 6. The largest absolute Gasteiger partial charge is 0.494 e. The Morgan fingerprint density at radius 3 is 2.93 bits per heavy atom. The highest BCUT2D eigenvalue weighted by molar-refractivity contribution is 5.85. The zero-order valence-electron chi connectivity index (χ0n) is 17.0. The minimum Gasteiger partial charge on any atom is -0.494 e. The lowest BCUT2D eigenvalue weighted by Gasteiger charge is -2.28. The van der Waals surface area contributed by atoms with Crippen molar-refractivity contribution in [3.8, 4) is 5.75 Å². The van der Waals surface area contributed by atoms with Crippen molar-refractivity contribution in [2.24, 2.45) is 7.05 Å². The van der Waals surface area contributed by atoms with Gasteiger partial charge in [0.1, 0.15) is 5.75 Å². The van der Waals surface area contributed by atoms with E-state index in [4.69, 9.17) is 4.74 Å². The van der Waals surface area contributed by atoms with Gasteiger partial charge in [-0.15, -0.1) is 0 Å². The van der Waals surface area contributed by atoms with Crippen LogP contribution in [-0.4, -0.2) is 34.1 Å². The molecule has 0 aliphatic carbocycles. The summed E-state index contributed by atoms with van der Waals surface area (Å²) in [6.07, 6.45) is 5.20. The van der Waals surface area contributed by atoms with Crippen LogP contribution in [0.25, 0.3) is 21.8 Å². The van der Waals surface area contributed by atoms with Gasteiger partial charge in [-0.05, 0) is 55.6 Å². The van der Waals surface area contributed by atoms with Crippen LogP contribution in [0.4, 0.5) is 0 Å². The fraction of sp³-hybridized carbons (Fsp3) is 0.320. The van der Waals surface area contributed by atoms with E-state index in [-0.39, 0.29) is 0 Å². The van der Waals surface area contributed by atoms with Gasteiger partial charge >= 0.3 is 0 Å². The smallest absolute Gasteiger partial charge is 0.121 e. The standard InChI is InChI=1S/C25H27N3O/c1-27-24-9-3-2-8-21(24)22-12-15-28(18-25(22)27)14-4-5-16-29-20-11-10-19-7-6-13-26-23(19)17-20/h2-3,6-11,13,17H,4-5,12,14-16,18H2,1H3. The second kappa shape index (κ2) is 7.88. The van der Waals surface area contributed by atoms with Gasteiger partial charge in [-0.1, -0.05) is 24.3 Å². The molecule has 0 saturated carbocycles. The number of aryl methyl sites for hydroxylation is 1. The molecule has 0 atom stereocenters. The van der Waals surface area contributed by atoms with Crippen LogP contribution >= 0.6 is 0 Å². The number of hydrogen-bond acceptors (Lipinski definition) is 3. The average Bonchev–Trinajstić information content (AvgIpc) is 3.05. The molecule has 148 valence electrons. The molecule has 29 heavy (non-hydrogen) atoms. The molecule has 0 spiro atoms. The topological polar surface area (TPSA) is 30.3 Å². The summed E-state index contributed by atoms with van der Waals surface area (Å²) in [5, 5.41) is 2.58. The van der Waals surface area contributed by atoms with Crippen molar-refractivity contribution >= 4 is 21.8 Å². The Morgan fingerprint density at radius 2 is 1.97 bits per heavy atom. The summed E-state index contributed by atoms with van der Waals surface area (Å²) in [6.45, 7) is 4.09. The summed E-state index contributed by atoms with van der Waals surface area (Å²) in [5.74, 6) is 0.911. The molecule has 5 rings (SSSR count). The Labute approximate surface area is 171 Å². The van der Waals surface area contributed by atoms with E-state index in [9.17, 15) is 0 Å². The normalized spacial score (nSPS) is 14.4. The highest BCUT2D eigenvalue weighted by atomic mass is 16.5. The Hall–Kier alpha value is -2.85. The van der Waals surface area contributed by atoms with Gasteiger partial charge in [0.15, 0.2) is 0 Å². The predicted octanol–water partition coefficient (Wildman–Crippen LogP) is 4.94. The summed E-state index contributed by atoms with van der Waals surface area (Å²) >= 11 is 0. The molecule has 2 aromatic heterocycles. The van der Waals surface area contributed by atoms with Crippen LogP contribution in [0.5, 0.6) is 5.75 Å². The molecule has 1 aliphatic heterocycles. The molecular formula is C25H27N3O. The summed E-state index contributed by atoms with van der Waals surface area (Å²) in [4.78, 5) is 6.98. The van der Waals surface area contributed by atoms with Crippen molar-refractivity contribution in [3.05, 3.63) is 72.1 Å². The van der Waals surface area contributed by atoms with Crippen molar-refractivity contribution in [3.63, 3.8) is 0 Å². The quantitative estimate of drug-likeness (QED) is 0.440. The molecule has 4 aromatic rings. The predicted molar refractivity (Wildman–Crippen MR) is 118 cm³/mol. The number of fused-ring (bicyclic) bond motifs is 4. The van der Waals surface area contributed by atoms with E-state index < -0.39 is 0 Å². The molecule has 3 heterocycles. The Bertz CT molecular complexity index is 1150. The molecule has 4 nitrogen and oxygen atoms in total. The Balaban J connectivity index is 1.13. The van der Waals surface area contributed by atoms with Gasteiger partial charge in [-0.3, -0.25) is 9.88 Å². The maximum Gasteiger partial charge on any atom is 0.121 e. The molecular weight excluding hydrogens is 358 g/mol. The number of aromatic nitrogens is 2. The highest BCUT2D eigenvalue weighted by Crippen LogP contribution is 2.30. The number of benzene rings is 2. The van der Waals surface area contributed by atoms with Crippen LogP contribution in [0.3, 0.4) is 0 Å². The molecule has 0 bridgehead atoms. The monoisotopic (exact) mass is 385 g/mol. The molecule has 2 aromatic carbocycles. The minimum absolute atomic E-state index is 0.755. The summed E-state index contributed by atoms with van der Waals surface area (Å²) in [6, 6.07) is 19.0. The van der Waals surface area contributed by atoms with Gasteiger partial charge in [0.25, 0.3) is 0 Å². The number of hydrogen-bond donors (Lipinski definition) is 0. The maximum absolute atomic E-state index is 5.96. The minimum atomic E-state index is 0.755. The lowest BCUT2D eigenvalue weighted by molar-refractivity contribution is 0.231. The van der Waals surface area contributed by atoms with Crippen molar-refractivity contribution in [1.82, 2.24) is 14.5 Å². The van der Waals surface area contributed by atoms with E-state index in [1.165, 1.54) is 16.6 Å². The van der Waals surface area contributed by atoms with Crippen LogP contribution in [-0.2, 0) is 20.0 Å². The molecule has 4 heteroatoms. The van der Waals surface area contributed by atoms with Gasteiger partial charge in [-0.25, -0.2) is 0 Å². The van der Waals surface area contributed by atoms with Gasteiger partial charge < -0.3 is 9.30 Å². The SMILES string of the molecule is Cn1c2c(c3ccccc31)CCN(CCCCOc1ccc3cccnc3c1)C2. The lowest BCUT2D eigenvalue weighted by atomic mass is 10.0. The van der Waals surface area contributed by atoms with Crippen molar-refractivity contribution < 1.29 is 4.74 Å². The van der Waals surface area contributed by atoms with E-state index in [1.807, 2.05) is 24.4 Å². The maximum atomic E-state index is 5.96. The number of ether oxygens (including phenoxy) is 1. The van der Waals surface area contributed by atoms with Gasteiger partial charge in [-0.2, -0.15) is 0 Å². The van der Waals surface area contributed by atoms with E-state index in [1.54, 1.807) is 5.56 Å². The molecule has 0 saturated heterocycles. The fourth-order valence-electron chi connectivity index (χ4n) is 4.52. The zero-order valence-corrected chi connectivity index (χ0v) is 17.0. The first-order chi connectivity index (χ1) is 14.3. The molecule has 1 aliphatic rings. The van der Waals surface area contributed by atoms with Gasteiger partial charge in [0, 0.05) is 54.4 Å². The second-order valence-electron chi connectivity index (χ2n) is 7.94. The first-order valence-corrected chi connectivity index (χ1v) is 10.5. The number of para-hydroxylation sites is 1. The number of nitrogens with zero attached hydrogens (tertiary/aromatic N) is 3. The molecule has 0 fully saturated rings. The number of unbranched alkanes of at least 4 members (excludes halogenated alkanes) is 1. The van der Waals surface area contributed by atoms with E-state index in [0.717, 1.165) is 62.2 Å². The van der Waals surface area contributed by atoms with Gasteiger partial charge in [0.2, 0.25) is 0 Å². The highest BCUT2D eigenvalue weighted by Gasteiger charge is 2.22. The zero-order chi connectivity index (χ0) is 19.6. The summed E-state index contributed by atoms with van der Waals surface area (Å²) < 4.78 is 8.34. The van der Waals surface area contributed by atoms with Crippen LogP contribution < -0.4 is 4.74 Å². The van der Waals surface area contributed by atoms with Crippen molar-refractivity contribution in [1.29, 1.82) is 0 Å². The van der Waals surface area contributed by atoms with Crippen molar-refractivity contribution in [2.45, 2.75) is 25.8 Å². The third-order valence-corrected chi connectivity index (χ3v) is 6.11. The van der Waals surface area contributed by atoms with Crippen molar-refractivity contribution in [2.75, 3.05) is 19.7 Å². The van der Waals surface area contributed by atoms with Crippen LogP contribution in [0.15, 0.2) is 60.8 Å². The summed E-state index contributed by atoms with van der Waals surface area (Å²) in [7, 11) is 2.21. The molecule has 0 amide bonds. The molecule has 0 N–H and O–H groups in total. The Kier molecular flexibility index (Phi) is 4.94. The van der Waals surface area contributed by atoms with E-state index in [0.29, 0.717) is 0 Å². The first-order valence-electron chi connectivity index (χ1n) is 10.5. The Morgan fingerprint density at radius 1 is 1.03 bits per heavy atom. The fourth-order valence-corrected chi connectivity index (χ4v) is 4.52. The molecule has 0 radical (unpaired) electrons. The second-order valence-corrected chi connectivity index (χ2v) is 7.94. The average molecular weight is 386 g/mol. The van der Waals surface area contributed by atoms with Crippen LogP contribution in [0.1, 0.15) is 24.1 Å². The van der Waals surface area contributed by atoms with Gasteiger partial charge in [0.05, 0.1) is 12.1 Å². The van der Waals surface area contributed by atoms with E-state index >= 15 is 0 Å². The molecule has 0 unspecified atom stereocenters. The lowest BCUT2D eigenvalue weighted by Crippen LogP contribution is -2.32. The third-order valence-electron chi connectivity index (χ3n) is 6.11. The van der Waals surface area contributed by atoms with Crippen LogP contribution in [0, 0.1) is 0 Å². The summed E-state index contributed by atoms with van der Waals surface area (Å²) in [5.41, 5.74) is 5.38. The van der Waals surface area contributed by atoms with Crippen LogP contribution in [0.2, 0.25) is 0 Å². The van der Waals surface area contributed by atoms with E-state index in [2.05, 4.69) is 57.9 Å². The first kappa shape index (κ1) is 18.2.